The third-order valence-electron chi connectivity index (χ3n) is 4.64. The topological polar surface area (TPSA) is 61.6 Å². The van der Waals surface area contributed by atoms with Crippen LogP contribution < -0.4 is 11.1 Å². The van der Waals surface area contributed by atoms with E-state index in [1.54, 1.807) is 7.05 Å². The highest BCUT2D eigenvalue weighted by atomic mass is 16.1. The summed E-state index contributed by atoms with van der Waals surface area (Å²) < 4.78 is 0. The van der Waals surface area contributed by atoms with E-state index in [1.807, 2.05) is 6.92 Å². The van der Waals surface area contributed by atoms with Gasteiger partial charge in [-0.1, -0.05) is 20.8 Å². The summed E-state index contributed by atoms with van der Waals surface area (Å²) in [5.41, 5.74) is 4.89. The number of amides is 1. The second kappa shape index (κ2) is 10.1. The largest absolute Gasteiger partial charge is 0.368 e. The lowest BCUT2D eigenvalue weighted by molar-refractivity contribution is -0.124. The van der Waals surface area contributed by atoms with Crippen molar-refractivity contribution in [3.05, 3.63) is 0 Å². The van der Waals surface area contributed by atoms with Gasteiger partial charge in [0.1, 0.15) is 0 Å². The van der Waals surface area contributed by atoms with E-state index < -0.39 is 5.54 Å². The Morgan fingerprint density at radius 2 is 1.76 bits per heavy atom. The minimum atomic E-state index is -0.633. The molecule has 0 aromatic heterocycles. The molecule has 0 spiro atoms. The molecule has 0 aromatic rings. The van der Waals surface area contributed by atoms with E-state index in [0.29, 0.717) is 6.04 Å². The Labute approximate surface area is 131 Å². The van der Waals surface area contributed by atoms with Gasteiger partial charge in [-0.2, -0.15) is 0 Å². The molecule has 0 bridgehead atoms. The lowest BCUT2D eigenvalue weighted by atomic mass is 9.92. The van der Waals surface area contributed by atoms with Crippen LogP contribution in [0.2, 0.25) is 0 Å². The van der Waals surface area contributed by atoms with Crippen molar-refractivity contribution in [2.45, 2.75) is 59.0 Å². The molecule has 2 unspecified atom stereocenters. The molecule has 2 atom stereocenters. The molecule has 0 saturated heterocycles. The lowest BCUT2D eigenvalue weighted by Crippen LogP contribution is -2.55. The minimum absolute atomic E-state index is 0.281. The van der Waals surface area contributed by atoms with Gasteiger partial charge in [-0.3, -0.25) is 4.79 Å². The molecular weight excluding hydrogens is 264 g/mol. The Kier molecular flexibility index (Phi) is 9.83. The first-order valence-corrected chi connectivity index (χ1v) is 8.29. The van der Waals surface area contributed by atoms with Crippen molar-refractivity contribution in [3.8, 4) is 0 Å². The molecule has 3 N–H and O–H groups in total. The van der Waals surface area contributed by atoms with Crippen molar-refractivity contribution >= 4 is 5.91 Å². The van der Waals surface area contributed by atoms with Crippen LogP contribution in [0.3, 0.4) is 0 Å². The fourth-order valence-electron chi connectivity index (χ4n) is 2.77. The zero-order valence-electron chi connectivity index (χ0n) is 14.9. The third kappa shape index (κ3) is 6.76. The van der Waals surface area contributed by atoms with Crippen LogP contribution in [0.1, 0.15) is 47.5 Å². The first-order valence-electron chi connectivity index (χ1n) is 8.29. The number of carbonyl (C=O) groups is 1. The van der Waals surface area contributed by atoms with E-state index in [0.717, 1.165) is 45.6 Å². The molecule has 0 aromatic carbocycles. The summed E-state index contributed by atoms with van der Waals surface area (Å²) in [6, 6.07) is 0.330. The number of hydrogen-bond acceptors (Lipinski definition) is 4. The predicted octanol–water partition coefficient (Wildman–Crippen LogP) is 1.28. The predicted molar refractivity (Wildman–Crippen MR) is 90.4 cm³/mol. The average Bonchev–Trinajstić information content (AvgIpc) is 2.47. The SMILES string of the molecule is CCN(CC)CCCN(CC)C(C)CC(C)(NC)C(N)=O. The van der Waals surface area contributed by atoms with Gasteiger partial charge in [-0.05, 0) is 66.5 Å². The number of rotatable bonds is 12. The molecule has 0 heterocycles. The van der Waals surface area contributed by atoms with Crippen LogP contribution in [0.15, 0.2) is 0 Å². The Balaban J connectivity index is 4.42. The second-order valence-electron chi connectivity index (χ2n) is 6.01. The van der Waals surface area contributed by atoms with Crippen LogP contribution in [0.25, 0.3) is 0 Å². The standard InChI is InChI=1S/C16H36N4O/c1-7-19(8-2)11-10-12-20(9-3)14(4)13-16(5,18-6)15(17)21/h14,18H,7-13H2,1-6H3,(H2,17,21). The van der Waals surface area contributed by atoms with E-state index in [9.17, 15) is 4.79 Å². The Bertz CT molecular complexity index is 294. The van der Waals surface area contributed by atoms with Crippen LogP contribution >= 0.6 is 0 Å². The van der Waals surface area contributed by atoms with Crippen molar-refractivity contribution in [2.75, 3.05) is 39.8 Å². The fourth-order valence-corrected chi connectivity index (χ4v) is 2.77. The first kappa shape index (κ1) is 20.3. The van der Waals surface area contributed by atoms with Gasteiger partial charge in [0.25, 0.3) is 0 Å². The van der Waals surface area contributed by atoms with E-state index in [2.05, 4.69) is 42.8 Å². The van der Waals surface area contributed by atoms with Gasteiger partial charge in [0.15, 0.2) is 0 Å². The highest BCUT2D eigenvalue weighted by Gasteiger charge is 2.32. The van der Waals surface area contributed by atoms with Crippen LogP contribution in [0.5, 0.6) is 0 Å². The maximum Gasteiger partial charge on any atom is 0.237 e. The molecule has 0 aliphatic heterocycles. The summed E-state index contributed by atoms with van der Waals surface area (Å²) in [4.78, 5) is 16.5. The molecule has 5 nitrogen and oxygen atoms in total. The van der Waals surface area contributed by atoms with E-state index in [-0.39, 0.29) is 5.91 Å². The molecule has 0 aliphatic rings. The van der Waals surface area contributed by atoms with E-state index in [4.69, 9.17) is 5.73 Å². The quantitative estimate of drug-likeness (QED) is 0.570. The van der Waals surface area contributed by atoms with Gasteiger partial charge in [0, 0.05) is 6.04 Å². The maximum atomic E-state index is 11.6. The highest BCUT2D eigenvalue weighted by molar-refractivity contribution is 5.84. The number of carbonyl (C=O) groups excluding carboxylic acids is 1. The fraction of sp³-hybridized carbons (Fsp3) is 0.938. The zero-order valence-corrected chi connectivity index (χ0v) is 14.9. The summed E-state index contributed by atoms with van der Waals surface area (Å²) in [7, 11) is 1.80. The third-order valence-corrected chi connectivity index (χ3v) is 4.64. The molecular formula is C16H36N4O. The van der Waals surface area contributed by atoms with Gasteiger partial charge in [0.2, 0.25) is 5.91 Å². The van der Waals surface area contributed by atoms with E-state index >= 15 is 0 Å². The summed E-state index contributed by atoms with van der Waals surface area (Å²) in [5, 5.41) is 3.07. The molecule has 5 heteroatoms. The van der Waals surface area contributed by atoms with Crippen molar-refractivity contribution in [2.24, 2.45) is 5.73 Å². The Morgan fingerprint density at radius 1 is 1.19 bits per heavy atom. The molecule has 0 fully saturated rings. The first-order chi connectivity index (χ1) is 9.84. The highest BCUT2D eigenvalue weighted by Crippen LogP contribution is 2.16. The summed E-state index contributed by atoms with van der Waals surface area (Å²) in [5.74, 6) is -0.281. The van der Waals surface area contributed by atoms with Crippen molar-refractivity contribution in [3.63, 3.8) is 0 Å². The van der Waals surface area contributed by atoms with Crippen molar-refractivity contribution in [1.82, 2.24) is 15.1 Å². The smallest absolute Gasteiger partial charge is 0.237 e. The van der Waals surface area contributed by atoms with Crippen molar-refractivity contribution < 1.29 is 4.79 Å². The van der Waals surface area contributed by atoms with Gasteiger partial charge in [-0.15, -0.1) is 0 Å². The number of hydrogen-bond donors (Lipinski definition) is 2. The number of primary amides is 1. The van der Waals surface area contributed by atoms with Gasteiger partial charge >= 0.3 is 0 Å². The maximum absolute atomic E-state index is 11.6. The van der Waals surface area contributed by atoms with Gasteiger partial charge in [-0.25, -0.2) is 0 Å². The number of nitrogens with zero attached hydrogens (tertiary/aromatic N) is 2. The number of nitrogens with two attached hydrogens (primary N) is 1. The lowest BCUT2D eigenvalue weighted by Gasteiger charge is -2.35. The molecule has 0 rings (SSSR count). The monoisotopic (exact) mass is 300 g/mol. The second-order valence-corrected chi connectivity index (χ2v) is 6.01. The van der Waals surface area contributed by atoms with Gasteiger partial charge in [0.05, 0.1) is 5.54 Å². The molecule has 126 valence electrons. The van der Waals surface area contributed by atoms with Crippen LogP contribution in [-0.2, 0) is 4.79 Å². The summed E-state index contributed by atoms with van der Waals surface area (Å²) in [6.07, 6.45) is 1.89. The molecule has 0 aliphatic carbocycles. The van der Waals surface area contributed by atoms with Crippen LogP contribution in [-0.4, -0.2) is 67.1 Å². The Morgan fingerprint density at radius 3 is 2.14 bits per heavy atom. The van der Waals surface area contributed by atoms with Crippen LogP contribution in [0.4, 0.5) is 0 Å². The average molecular weight is 300 g/mol. The number of nitrogens with one attached hydrogen (secondary N) is 1. The summed E-state index contributed by atoms with van der Waals surface area (Å²) in [6.45, 7) is 16.1. The van der Waals surface area contributed by atoms with Crippen molar-refractivity contribution in [1.29, 1.82) is 0 Å². The minimum Gasteiger partial charge on any atom is -0.368 e. The molecule has 1 amide bonds. The van der Waals surface area contributed by atoms with Gasteiger partial charge < -0.3 is 20.9 Å². The van der Waals surface area contributed by atoms with E-state index in [1.165, 1.54) is 0 Å². The van der Waals surface area contributed by atoms with Crippen LogP contribution in [0, 0.1) is 0 Å². The molecule has 21 heavy (non-hydrogen) atoms. The molecule has 0 radical (unpaired) electrons. The normalized spacial score (nSPS) is 16.2. The molecule has 0 saturated carbocycles. The number of likely N-dealkylation sites (N-methyl/N-ethyl adjacent to an activating group) is 1. The Hall–Kier alpha value is -0.650. The zero-order chi connectivity index (χ0) is 16.5. The summed E-state index contributed by atoms with van der Waals surface area (Å²) >= 11 is 0.